The van der Waals surface area contributed by atoms with E-state index >= 15 is 0 Å². The van der Waals surface area contributed by atoms with Crippen molar-refractivity contribution in [3.05, 3.63) is 34.9 Å². The van der Waals surface area contributed by atoms with Crippen molar-refractivity contribution in [1.82, 2.24) is 10.2 Å². The first-order valence-corrected chi connectivity index (χ1v) is 10.6. The Morgan fingerprint density at radius 2 is 1.83 bits per heavy atom. The molecule has 0 unspecified atom stereocenters. The number of rotatable bonds is 6. The predicted molar refractivity (Wildman–Crippen MR) is 109 cm³/mol. The van der Waals surface area contributed by atoms with Crippen LogP contribution < -0.4 is 11.1 Å². The molecule has 1 aliphatic carbocycles. The average molecular weight is 422 g/mol. The van der Waals surface area contributed by atoms with Crippen molar-refractivity contribution in [3.8, 4) is 0 Å². The second-order valence-electron chi connectivity index (χ2n) is 7.82. The number of amides is 3. The molecule has 3 N–H and O–H groups in total. The molecule has 0 bridgehead atoms. The molecule has 1 aliphatic heterocycles. The number of halogens is 1. The summed E-state index contributed by atoms with van der Waals surface area (Å²) >= 11 is 5.89. The smallest absolute Gasteiger partial charge is 0.312 e. The Kier molecular flexibility index (Phi) is 7.36. The molecule has 1 saturated carbocycles. The molecule has 1 aromatic carbocycles. The summed E-state index contributed by atoms with van der Waals surface area (Å²) in [5.74, 6) is -0.128. The SMILES string of the molecule is NC(=O)N[C@H](CC(=O)OCC(=O)N1CCC[C@@H]2CCCC[C@@H]21)c1ccc(Cl)cc1. The van der Waals surface area contributed by atoms with Crippen LogP contribution in [0.4, 0.5) is 4.79 Å². The molecule has 29 heavy (non-hydrogen) atoms. The van der Waals surface area contributed by atoms with Crippen LogP contribution in [0.1, 0.15) is 56.6 Å². The van der Waals surface area contributed by atoms with E-state index in [4.69, 9.17) is 22.1 Å². The topological polar surface area (TPSA) is 102 Å². The molecule has 1 aromatic rings. The highest BCUT2D eigenvalue weighted by Gasteiger charge is 2.35. The number of ether oxygens (including phenoxy) is 1. The van der Waals surface area contributed by atoms with Crippen molar-refractivity contribution < 1.29 is 19.1 Å². The number of urea groups is 1. The number of nitrogens with one attached hydrogen (secondary N) is 1. The van der Waals surface area contributed by atoms with Gasteiger partial charge in [0.2, 0.25) is 0 Å². The van der Waals surface area contributed by atoms with Crippen LogP contribution in [0.5, 0.6) is 0 Å². The molecule has 0 spiro atoms. The van der Waals surface area contributed by atoms with E-state index in [1.807, 2.05) is 4.90 Å². The highest BCUT2D eigenvalue weighted by atomic mass is 35.5. The first kappa shape index (κ1) is 21.4. The van der Waals surface area contributed by atoms with E-state index in [1.54, 1.807) is 24.3 Å². The van der Waals surface area contributed by atoms with Gasteiger partial charge in [0.1, 0.15) is 0 Å². The molecule has 0 radical (unpaired) electrons. The predicted octanol–water partition coefficient (Wildman–Crippen LogP) is 3.16. The Balaban J connectivity index is 1.55. The minimum absolute atomic E-state index is 0.121. The summed E-state index contributed by atoms with van der Waals surface area (Å²) in [7, 11) is 0. The van der Waals surface area contributed by atoms with E-state index < -0.39 is 18.0 Å². The van der Waals surface area contributed by atoms with E-state index in [2.05, 4.69) is 5.32 Å². The summed E-state index contributed by atoms with van der Waals surface area (Å²) < 4.78 is 5.25. The lowest BCUT2D eigenvalue weighted by molar-refractivity contribution is -0.155. The number of fused-ring (bicyclic) bond motifs is 1. The molecule has 0 aromatic heterocycles. The molecular formula is C21H28ClN3O4. The zero-order valence-corrected chi connectivity index (χ0v) is 17.2. The van der Waals surface area contributed by atoms with Gasteiger partial charge in [0, 0.05) is 17.6 Å². The number of nitrogens with two attached hydrogens (primary N) is 1. The van der Waals surface area contributed by atoms with Gasteiger partial charge in [-0.15, -0.1) is 0 Å². The van der Waals surface area contributed by atoms with Crippen LogP contribution in [-0.4, -0.2) is 42.0 Å². The Morgan fingerprint density at radius 3 is 2.55 bits per heavy atom. The lowest BCUT2D eigenvalue weighted by Crippen LogP contribution is -2.50. The number of primary amides is 1. The maximum atomic E-state index is 12.7. The molecule has 8 heteroatoms. The monoisotopic (exact) mass is 421 g/mol. The van der Waals surface area contributed by atoms with Gasteiger partial charge in [0.15, 0.2) is 6.61 Å². The Hall–Kier alpha value is -2.28. The van der Waals surface area contributed by atoms with E-state index in [9.17, 15) is 14.4 Å². The second kappa shape index (κ2) is 9.96. The molecule has 2 aliphatic rings. The van der Waals surface area contributed by atoms with Gasteiger partial charge >= 0.3 is 12.0 Å². The van der Waals surface area contributed by atoms with Crippen molar-refractivity contribution in [1.29, 1.82) is 0 Å². The molecule has 3 atom stereocenters. The Morgan fingerprint density at radius 1 is 1.14 bits per heavy atom. The van der Waals surface area contributed by atoms with Crippen LogP contribution >= 0.6 is 11.6 Å². The number of carbonyl (C=O) groups excluding carboxylic acids is 3. The van der Waals surface area contributed by atoms with E-state index in [1.165, 1.54) is 19.3 Å². The normalized spacial score (nSPS) is 22.3. The third-order valence-corrected chi connectivity index (χ3v) is 6.13. The van der Waals surface area contributed by atoms with Gasteiger partial charge in [-0.2, -0.15) is 0 Å². The minimum atomic E-state index is -0.745. The summed E-state index contributed by atoms with van der Waals surface area (Å²) in [6, 6.07) is 5.63. The number of benzene rings is 1. The molecule has 158 valence electrons. The van der Waals surface area contributed by atoms with Gasteiger partial charge in [-0.1, -0.05) is 36.6 Å². The Bertz CT molecular complexity index is 738. The van der Waals surface area contributed by atoms with Crippen LogP contribution in [0.15, 0.2) is 24.3 Å². The van der Waals surface area contributed by atoms with Crippen molar-refractivity contribution >= 4 is 29.5 Å². The molecule has 1 saturated heterocycles. The second-order valence-corrected chi connectivity index (χ2v) is 8.26. The van der Waals surface area contributed by atoms with Gasteiger partial charge in [-0.3, -0.25) is 9.59 Å². The van der Waals surface area contributed by atoms with Crippen molar-refractivity contribution in [3.63, 3.8) is 0 Å². The summed E-state index contributed by atoms with van der Waals surface area (Å²) in [4.78, 5) is 38.2. The number of hydrogen-bond donors (Lipinski definition) is 2. The number of carbonyl (C=O) groups is 3. The van der Waals surface area contributed by atoms with E-state index in [0.717, 1.165) is 25.8 Å². The number of esters is 1. The fraction of sp³-hybridized carbons (Fsp3) is 0.571. The standard InChI is InChI=1S/C21H28ClN3O4/c22-16-9-7-14(8-10-16)17(24-21(23)28)12-20(27)29-13-19(26)25-11-3-5-15-4-1-2-6-18(15)25/h7-10,15,17-18H,1-6,11-13H2,(H3,23,24,28)/t15-,17+,18-/m0/s1. The number of piperidine rings is 1. The fourth-order valence-electron chi connectivity index (χ4n) is 4.50. The summed E-state index contributed by atoms with van der Waals surface area (Å²) in [6.07, 6.45) is 6.65. The van der Waals surface area contributed by atoms with Crippen LogP contribution in [0.2, 0.25) is 5.02 Å². The van der Waals surface area contributed by atoms with E-state index in [-0.39, 0.29) is 25.0 Å². The molecule has 2 fully saturated rings. The van der Waals surface area contributed by atoms with Crippen LogP contribution in [0.25, 0.3) is 0 Å². The highest BCUT2D eigenvalue weighted by Crippen LogP contribution is 2.35. The molecule has 7 nitrogen and oxygen atoms in total. The fourth-order valence-corrected chi connectivity index (χ4v) is 4.63. The summed E-state index contributed by atoms with van der Waals surface area (Å²) in [5.41, 5.74) is 5.91. The average Bonchev–Trinajstić information content (AvgIpc) is 2.71. The molecule has 1 heterocycles. The van der Waals surface area contributed by atoms with Gasteiger partial charge < -0.3 is 20.7 Å². The van der Waals surface area contributed by atoms with Gasteiger partial charge in [0.25, 0.3) is 5.91 Å². The number of likely N-dealkylation sites (tertiary alicyclic amines) is 1. The first-order valence-electron chi connectivity index (χ1n) is 10.2. The molecule has 3 rings (SSSR count). The minimum Gasteiger partial charge on any atom is -0.455 e. The van der Waals surface area contributed by atoms with E-state index in [0.29, 0.717) is 16.5 Å². The lowest BCUT2D eigenvalue weighted by atomic mass is 9.78. The van der Waals surface area contributed by atoms with Crippen molar-refractivity contribution in [2.45, 2.75) is 57.0 Å². The third kappa shape index (κ3) is 5.85. The van der Waals surface area contributed by atoms with Crippen LogP contribution in [-0.2, 0) is 14.3 Å². The van der Waals surface area contributed by atoms with Gasteiger partial charge in [-0.05, 0) is 49.3 Å². The summed E-state index contributed by atoms with van der Waals surface area (Å²) in [6.45, 7) is 0.458. The summed E-state index contributed by atoms with van der Waals surface area (Å²) in [5, 5.41) is 3.08. The quantitative estimate of drug-likeness (QED) is 0.688. The zero-order valence-electron chi connectivity index (χ0n) is 16.4. The van der Waals surface area contributed by atoms with Crippen LogP contribution in [0.3, 0.4) is 0 Å². The number of hydrogen-bond acceptors (Lipinski definition) is 4. The largest absolute Gasteiger partial charge is 0.455 e. The van der Waals surface area contributed by atoms with Crippen molar-refractivity contribution in [2.75, 3.05) is 13.2 Å². The molecular weight excluding hydrogens is 394 g/mol. The maximum Gasteiger partial charge on any atom is 0.312 e. The first-order chi connectivity index (χ1) is 13.9. The van der Waals surface area contributed by atoms with Gasteiger partial charge in [0.05, 0.1) is 12.5 Å². The lowest BCUT2D eigenvalue weighted by Gasteiger charge is -2.44. The zero-order chi connectivity index (χ0) is 20.8. The van der Waals surface area contributed by atoms with Crippen molar-refractivity contribution in [2.24, 2.45) is 11.7 Å². The maximum absolute atomic E-state index is 12.7. The third-order valence-electron chi connectivity index (χ3n) is 5.88. The number of nitrogens with zero attached hydrogens (tertiary/aromatic N) is 1. The molecule has 3 amide bonds. The van der Waals surface area contributed by atoms with Gasteiger partial charge in [-0.25, -0.2) is 4.79 Å². The van der Waals surface area contributed by atoms with Crippen LogP contribution in [0, 0.1) is 5.92 Å². The highest BCUT2D eigenvalue weighted by molar-refractivity contribution is 6.30. The Labute approximate surface area is 175 Å².